The molecule has 8 atom stereocenters. The maximum absolute atomic E-state index is 12.9. The standard InChI is InChI=1S/C44H56N2O16/c1-21-27(57-41-33(51)31(49)37(55-7)43(3,4)61-41)17-15-23-19-25(39(53)59-35(21)23)45-29(47)13-11-9-10-12-14-30(48)46-26-20-24-16-18-28(22(2)36(24)60-40(26)54)58-42-34(52)32(50)38(56-8)44(5,6)62-42/h15-20,31-34,37-38,41-42,49-52H,9-14H2,1-8H3,(H,45,47)(H,46,48)/t31-,32-,33+,34+,37+,38+,41+,42+/m0/s1. The van der Waals surface area contributed by atoms with Crippen LogP contribution in [0.4, 0.5) is 11.4 Å². The number of amides is 2. The molecule has 0 radical (unpaired) electrons. The van der Waals surface area contributed by atoms with E-state index in [1.807, 2.05) is 0 Å². The number of nitrogens with one attached hydrogen (secondary N) is 2. The van der Waals surface area contributed by atoms with Crippen molar-refractivity contribution in [3.8, 4) is 11.5 Å². The molecule has 2 amide bonds. The molecule has 62 heavy (non-hydrogen) atoms. The number of carbonyl (C=O) groups is 2. The zero-order chi connectivity index (χ0) is 45.3. The highest BCUT2D eigenvalue weighted by atomic mass is 16.7. The fraction of sp³-hybridized carbons (Fsp3) is 0.545. The third kappa shape index (κ3) is 9.82. The van der Waals surface area contributed by atoms with Crippen molar-refractivity contribution in [2.24, 2.45) is 0 Å². The SMILES string of the molecule is CO[C@@H]1[C@@H](O)[C@@H](O)[C@H](Oc2ccc3cc(NC(=O)CCCCCCC(=O)Nc4cc5ccc(O[C@@H]6OC(C)(C)[C@H](OC)[C@@H](O)[C@H]6O)c(C)c5oc4=O)c(=O)oc3c2C)OC1(C)C. The van der Waals surface area contributed by atoms with Crippen LogP contribution in [0.3, 0.4) is 0 Å². The molecule has 2 aliphatic heterocycles. The van der Waals surface area contributed by atoms with Gasteiger partial charge in [-0.3, -0.25) is 9.59 Å². The number of carbonyl (C=O) groups excluding carboxylic acids is 2. The van der Waals surface area contributed by atoms with E-state index in [0.29, 0.717) is 47.6 Å². The smallest absolute Gasteiger partial charge is 0.360 e. The predicted octanol–water partition coefficient (Wildman–Crippen LogP) is 3.94. The van der Waals surface area contributed by atoms with Crippen molar-refractivity contribution in [3.63, 3.8) is 0 Å². The summed E-state index contributed by atoms with van der Waals surface area (Å²) < 4.78 is 45.4. The number of methoxy groups -OCH3 is 2. The molecular weight excluding hydrogens is 812 g/mol. The van der Waals surface area contributed by atoms with Gasteiger partial charge in [-0.05, 0) is 90.8 Å². The Bertz CT molecular complexity index is 2230. The van der Waals surface area contributed by atoms with E-state index in [9.17, 15) is 39.6 Å². The molecule has 4 aromatic rings. The Morgan fingerprint density at radius 2 is 0.984 bits per heavy atom. The molecule has 2 fully saturated rings. The molecule has 2 aromatic carbocycles. The summed E-state index contributed by atoms with van der Waals surface area (Å²) in [6, 6.07) is 9.49. The lowest BCUT2D eigenvalue weighted by Gasteiger charge is -2.46. The quantitative estimate of drug-likeness (QED) is 0.0731. The van der Waals surface area contributed by atoms with Gasteiger partial charge in [0, 0.05) is 49.0 Å². The Labute approximate surface area is 357 Å². The maximum atomic E-state index is 12.9. The van der Waals surface area contributed by atoms with Crippen molar-refractivity contribution < 1.29 is 67.3 Å². The van der Waals surface area contributed by atoms with Gasteiger partial charge in [0.2, 0.25) is 24.4 Å². The summed E-state index contributed by atoms with van der Waals surface area (Å²) in [6.45, 7) is 10.2. The van der Waals surface area contributed by atoms with Crippen LogP contribution in [0, 0.1) is 13.8 Å². The van der Waals surface area contributed by atoms with Crippen LogP contribution >= 0.6 is 0 Å². The molecule has 18 nitrogen and oxygen atoms in total. The Morgan fingerprint density at radius 1 is 0.613 bits per heavy atom. The highest BCUT2D eigenvalue weighted by molar-refractivity contribution is 5.94. The van der Waals surface area contributed by atoms with E-state index in [1.54, 1.807) is 65.8 Å². The normalized spacial score (nSPS) is 25.7. The van der Waals surface area contributed by atoms with Crippen LogP contribution in [0.5, 0.6) is 11.5 Å². The Balaban J connectivity index is 0.954. The third-order valence-corrected chi connectivity index (χ3v) is 11.4. The minimum atomic E-state index is -1.42. The number of hydrogen-bond donors (Lipinski definition) is 6. The van der Waals surface area contributed by atoms with E-state index in [-0.39, 0.29) is 58.7 Å². The number of rotatable bonds is 15. The first-order valence-electron chi connectivity index (χ1n) is 20.5. The number of aryl methyl sites for hydroxylation is 2. The van der Waals surface area contributed by atoms with Crippen molar-refractivity contribution in [2.75, 3.05) is 24.9 Å². The highest BCUT2D eigenvalue weighted by Gasteiger charge is 2.52. The summed E-state index contributed by atoms with van der Waals surface area (Å²) in [5.41, 5.74) is -2.24. The molecular formula is C44H56N2O16. The van der Waals surface area contributed by atoms with Gasteiger partial charge in [0.25, 0.3) is 0 Å². The second-order valence-electron chi connectivity index (χ2n) is 16.8. The molecule has 338 valence electrons. The zero-order valence-corrected chi connectivity index (χ0v) is 36.0. The van der Waals surface area contributed by atoms with Crippen molar-refractivity contribution in [1.82, 2.24) is 0 Å². The average Bonchev–Trinajstić information content (AvgIpc) is 3.20. The predicted molar refractivity (Wildman–Crippen MR) is 224 cm³/mol. The number of anilines is 2. The fourth-order valence-electron chi connectivity index (χ4n) is 8.05. The van der Waals surface area contributed by atoms with Gasteiger partial charge in [0.15, 0.2) is 0 Å². The second-order valence-corrected chi connectivity index (χ2v) is 16.8. The van der Waals surface area contributed by atoms with E-state index in [2.05, 4.69) is 10.6 Å². The first kappa shape index (κ1) is 46.6. The summed E-state index contributed by atoms with van der Waals surface area (Å²) in [5.74, 6) is -0.247. The van der Waals surface area contributed by atoms with Crippen LogP contribution in [0.25, 0.3) is 21.9 Å². The molecule has 2 aliphatic rings. The Morgan fingerprint density at radius 3 is 1.34 bits per heavy atom. The largest absolute Gasteiger partial charge is 0.462 e. The third-order valence-electron chi connectivity index (χ3n) is 11.4. The van der Waals surface area contributed by atoms with Gasteiger partial charge in [-0.15, -0.1) is 0 Å². The van der Waals surface area contributed by atoms with E-state index in [1.165, 1.54) is 26.4 Å². The Hall–Kier alpha value is -4.92. The zero-order valence-electron chi connectivity index (χ0n) is 36.0. The van der Waals surface area contributed by atoms with Gasteiger partial charge in [-0.1, -0.05) is 12.8 Å². The van der Waals surface area contributed by atoms with Crippen molar-refractivity contribution in [3.05, 3.63) is 68.4 Å². The lowest BCUT2D eigenvalue weighted by atomic mass is 9.89. The first-order chi connectivity index (χ1) is 29.3. The lowest BCUT2D eigenvalue weighted by Crippen LogP contribution is -2.63. The van der Waals surface area contributed by atoms with Gasteiger partial charge in [-0.2, -0.15) is 0 Å². The molecule has 0 unspecified atom stereocenters. The van der Waals surface area contributed by atoms with E-state index < -0.39 is 71.7 Å². The summed E-state index contributed by atoms with van der Waals surface area (Å²) in [4.78, 5) is 51.3. The van der Waals surface area contributed by atoms with E-state index >= 15 is 0 Å². The number of hydrogen-bond acceptors (Lipinski definition) is 16. The van der Waals surface area contributed by atoms with Crippen molar-refractivity contribution >= 4 is 45.1 Å². The van der Waals surface area contributed by atoms with Crippen LogP contribution in [-0.4, -0.2) is 107 Å². The monoisotopic (exact) mass is 868 g/mol. The maximum Gasteiger partial charge on any atom is 0.360 e. The number of ether oxygens (including phenoxy) is 6. The molecule has 0 bridgehead atoms. The highest BCUT2D eigenvalue weighted by Crippen LogP contribution is 2.37. The van der Waals surface area contributed by atoms with Crippen molar-refractivity contribution in [2.45, 2.75) is 140 Å². The summed E-state index contributed by atoms with van der Waals surface area (Å²) in [5, 5.41) is 48.7. The molecule has 0 saturated carbocycles. The molecule has 6 rings (SSSR count). The Kier molecular flexibility index (Phi) is 14.1. The van der Waals surface area contributed by atoms with Gasteiger partial charge in [-0.25, -0.2) is 9.59 Å². The number of aliphatic hydroxyl groups excluding tert-OH is 4. The van der Waals surface area contributed by atoms with Gasteiger partial charge < -0.3 is 68.3 Å². The average molecular weight is 869 g/mol. The molecule has 0 spiro atoms. The number of aliphatic hydroxyl groups is 4. The minimum Gasteiger partial charge on any atom is -0.462 e. The summed E-state index contributed by atoms with van der Waals surface area (Å²) in [6.07, 6.45) is -6.94. The van der Waals surface area contributed by atoms with Gasteiger partial charge in [0.1, 0.15) is 70.7 Å². The molecule has 18 heteroatoms. The van der Waals surface area contributed by atoms with Crippen LogP contribution in [0.15, 0.2) is 54.8 Å². The number of benzene rings is 2. The van der Waals surface area contributed by atoms with Gasteiger partial charge in [0.05, 0.1) is 11.2 Å². The molecule has 6 N–H and O–H groups in total. The second kappa shape index (κ2) is 18.8. The number of unbranched alkanes of at least 4 members (excludes halogenated alkanes) is 3. The minimum absolute atomic E-state index is 0.0318. The van der Waals surface area contributed by atoms with Crippen LogP contribution in [0.1, 0.15) is 77.3 Å². The topological polar surface area (TPSA) is 255 Å². The first-order valence-corrected chi connectivity index (χ1v) is 20.5. The van der Waals surface area contributed by atoms with Gasteiger partial charge >= 0.3 is 11.3 Å². The van der Waals surface area contributed by atoms with E-state index in [0.717, 1.165) is 0 Å². The molecule has 0 aliphatic carbocycles. The fourth-order valence-corrected chi connectivity index (χ4v) is 8.05. The lowest BCUT2D eigenvalue weighted by molar-refractivity contribution is -0.306. The summed E-state index contributed by atoms with van der Waals surface area (Å²) in [7, 11) is 2.82. The molecule has 4 heterocycles. The summed E-state index contributed by atoms with van der Waals surface area (Å²) >= 11 is 0. The number of fused-ring (bicyclic) bond motifs is 2. The van der Waals surface area contributed by atoms with Crippen LogP contribution in [0.2, 0.25) is 0 Å². The molecule has 2 aromatic heterocycles. The van der Waals surface area contributed by atoms with Crippen LogP contribution in [-0.2, 0) is 28.5 Å². The molecule has 2 saturated heterocycles. The van der Waals surface area contributed by atoms with Crippen LogP contribution < -0.4 is 31.4 Å². The van der Waals surface area contributed by atoms with Crippen molar-refractivity contribution in [1.29, 1.82) is 0 Å². The van der Waals surface area contributed by atoms with E-state index in [4.69, 9.17) is 37.3 Å².